The van der Waals surface area contributed by atoms with Crippen LogP contribution < -0.4 is 5.32 Å². The zero-order valence-corrected chi connectivity index (χ0v) is 13.5. The van der Waals surface area contributed by atoms with Gasteiger partial charge in [0.05, 0.1) is 0 Å². The fourth-order valence-electron chi connectivity index (χ4n) is 2.79. The van der Waals surface area contributed by atoms with Crippen LogP contribution in [0.1, 0.15) is 31.2 Å². The van der Waals surface area contributed by atoms with Crippen molar-refractivity contribution in [1.82, 2.24) is 10.2 Å². The van der Waals surface area contributed by atoms with Crippen molar-refractivity contribution in [3.05, 3.63) is 33.8 Å². The van der Waals surface area contributed by atoms with Gasteiger partial charge < -0.3 is 5.32 Å². The number of rotatable bonds is 4. The van der Waals surface area contributed by atoms with E-state index < -0.39 is 0 Å². The SMILES string of the molecule is O=C(NC1CC1)C1CCN(Cc2ccc(Cl)cc2Cl)CC1. The van der Waals surface area contributed by atoms with Crippen molar-refractivity contribution in [3.63, 3.8) is 0 Å². The molecule has 3 rings (SSSR count). The van der Waals surface area contributed by atoms with E-state index in [1.165, 1.54) is 0 Å². The Labute approximate surface area is 135 Å². The Morgan fingerprint density at radius 3 is 2.52 bits per heavy atom. The van der Waals surface area contributed by atoms with Crippen LogP contribution in [0.15, 0.2) is 18.2 Å². The third-order valence-electron chi connectivity index (χ3n) is 4.29. The van der Waals surface area contributed by atoms with E-state index in [2.05, 4.69) is 10.2 Å². The summed E-state index contributed by atoms with van der Waals surface area (Å²) in [6, 6.07) is 6.10. The molecule has 0 spiro atoms. The first-order valence-corrected chi connectivity index (χ1v) is 8.34. The van der Waals surface area contributed by atoms with E-state index in [1.54, 1.807) is 6.07 Å². The molecule has 2 fully saturated rings. The minimum absolute atomic E-state index is 0.183. The third-order valence-corrected chi connectivity index (χ3v) is 4.88. The van der Waals surface area contributed by atoms with E-state index in [0.29, 0.717) is 11.1 Å². The van der Waals surface area contributed by atoms with Gasteiger partial charge in [0.1, 0.15) is 0 Å². The van der Waals surface area contributed by atoms with Gasteiger partial charge in [0.2, 0.25) is 5.91 Å². The summed E-state index contributed by atoms with van der Waals surface area (Å²) in [5, 5.41) is 4.49. The molecule has 114 valence electrons. The normalized spacial score (nSPS) is 20.5. The number of amides is 1. The second kappa shape index (κ2) is 6.55. The highest BCUT2D eigenvalue weighted by molar-refractivity contribution is 6.35. The number of carbonyl (C=O) groups excluding carboxylic acids is 1. The van der Waals surface area contributed by atoms with Gasteiger partial charge in [-0.1, -0.05) is 29.3 Å². The topological polar surface area (TPSA) is 32.3 Å². The van der Waals surface area contributed by atoms with Crippen LogP contribution in [-0.2, 0) is 11.3 Å². The molecule has 21 heavy (non-hydrogen) atoms. The first kappa shape index (κ1) is 15.1. The lowest BCUT2D eigenvalue weighted by Crippen LogP contribution is -2.40. The van der Waals surface area contributed by atoms with Crippen LogP contribution in [0.25, 0.3) is 0 Å². The average Bonchev–Trinajstić information content (AvgIpc) is 3.26. The van der Waals surface area contributed by atoms with Gasteiger partial charge in [0.15, 0.2) is 0 Å². The Morgan fingerprint density at radius 1 is 1.19 bits per heavy atom. The first-order valence-electron chi connectivity index (χ1n) is 7.58. The number of halogens is 2. The summed E-state index contributed by atoms with van der Waals surface area (Å²) in [5.41, 5.74) is 1.10. The molecule has 1 saturated heterocycles. The molecule has 1 aliphatic heterocycles. The lowest BCUT2D eigenvalue weighted by atomic mass is 9.95. The Kier molecular flexibility index (Phi) is 4.72. The molecule has 1 aliphatic carbocycles. The number of nitrogens with zero attached hydrogens (tertiary/aromatic N) is 1. The largest absolute Gasteiger partial charge is 0.353 e. The summed E-state index contributed by atoms with van der Waals surface area (Å²) in [6.45, 7) is 2.72. The van der Waals surface area contributed by atoms with Gasteiger partial charge in [-0.15, -0.1) is 0 Å². The smallest absolute Gasteiger partial charge is 0.223 e. The van der Waals surface area contributed by atoms with Gasteiger partial charge in [-0.05, 0) is 56.5 Å². The van der Waals surface area contributed by atoms with Gasteiger partial charge >= 0.3 is 0 Å². The van der Waals surface area contributed by atoms with Crippen molar-refractivity contribution in [3.8, 4) is 0 Å². The minimum Gasteiger partial charge on any atom is -0.353 e. The number of benzene rings is 1. The second-order valence-corrected chi connectivity index (χ2v) is 6.91. The summed E-state index contributed by atoms with van der Waals surface area (Å²) in [7, 11) is 0. The lowest BCUT2D eigenvalue weighted by Gasteiger charge is -2.31. The monoisotopic (exact) mass is 326 g/mol. The molecule has 0 aromatic heterocycles. The number of likely N-dealkylation sites (tertiary alicyclic amines) is 1. The van der Waals surface area contributed by atoms with Crippen molar-refractivity contribution < 1.29 is 4.79 Å². The van der Waals surface area contributed by atoms with Crippen LogP contribution in [0, 0.1) is 5.92 Å². The predicted octanol–water partition coefficient (Wildman–Crippen LogP) is 3.48. The molecule has 1 amide bonds. The van der Waals surface area contributed by atoms with E-state index in [4.69, 9.17) is 23.2 Å². The maximum absolute atomic E-state index is 12.0. The van der Waals surface area contributed by atoms with Gasteiger partial charge in [0.25, 0.3) is 0 Å². The molecule has 0 radical (unpaired) electrons. The summed E-state index contributed by atoms with van der Waals surface area (Å²) < 4.78 is 0. The molecule has 1 aromatic rings. The lowest BCUT2D eigenvalue weighted by molar-refractivity contribution is -0.126. The van der Waals surface area contributed by atoms with Gasteiger partial charge in [0, 0.05) is 28.5 Å². The Hall–Kier alpha value is -0.770. The van der Waals surface area contributed by atoms with Crippen molar-refractivity contribution in [1.29, 1.82) is 0 Å². The molecular formula is C16H20Cl2N2O. The zero-order chi connectivity index (χ0) is 14.8. The highest BCUT2D eigenvalue weighted by atomic mass is 35.5. The van der Waals surface area contributed by atoms with Gasteiger partial charge in [-0.3, -0.25) is 9.69 Å². The highest BCUT2D eigenvalue weighted by Crippen LogP contribution is 2.26. The zero-order valence-electron chi connectivity index (χ0n) is 11.9. The molecule has 0 atom stereocenters. The molecule has 1 heterocycles. The number of hydrogen-bond acceptors (Lipinski definition) is 2. The van der Waals surface area contributed by atoms with Gasteiger partial charge in [-0.2, -0.15) is 0 Å². The second-order valence-electron chi connectivity index (χ2n) is 6.07. The van der Waals surface area contributed by atoms with E-state index >= 15 is 0 Å². The van der Waals surface area contributed by atoms with Crippen LogP contribution in [0.4, 0.5) is 0 Å². The molecule has 0 unspecified atom stereocenters. The van der Waals surface area contributed by atoms with Crippen LogP contribution >= 0.6 is 23.2 Å². The summed E-state index contributed by atoms with van der Waals surface area (Å²) in [6.07, 6.45) is 4.17. The average molecular weight is 327 g/mol. The third kappa shape index (κ3) is 4.12. The highest BCUT2D eigenvalue weighted by Gasteiger charge is 2.29. The van der Waals surface area contributed by atoms with E-state index in [0.717, 1.165) is 55.9 Å². The van der Waals surface area contributed by atoms with E-state index in [-0.39, 0.29) is 11.8 Å². The van der Waals surface area contributed by atoms with Crippen LogP contribution in [0.3, 0.4) is 0 Å². The Balaban J connectivity index is 1.49. The van der Waals surface area contributed by atoms with Gasteiger partial charge in [-0.25, -0.2) is 0 Å². The molecule has 3 nitrogen and oxygen atoms in total. The number of piperidine rings is 1. The van der Waals surface area contributed by atoms with Crippen molar-refractivity contribution in [2.75, 3.05) is 13.1 Å². The molecule has 1 aromatic carbocycles. The summed E-state index contributed by atoms with van der Waals surface area (Å²) in [4.78, 5) is 14.4. The number of nitrogens with one attached hydrogen (secondary N) is 1. The quantitative estimate of drug-likeness (QED) is 0.918. The van der Waals surface area contributed by atoms with Crippen molar-refractivity contribution in [2.24, 2.45) is 5.92 Å². The molecule has 1 N–H and O–H groups in total. The van der Waals surface area contributed by atoms with Crippen molar-refractivity contribution >= 4 is 29.1 Å². The van der Waals surface area contributed by atoms with E-state index in [1.807, 2.05) is 12.1 Å². The number of hydrogen-bond donors (Lipinski definition) is 1. The van der Waals surface area contributed by atoms with Crippen LogP contribution in [0.2, 0.25) is 10.0 Å². The Morgan fingerprint density at radius 2 is 1.90 bits per heavy atom. The van der Waals surface area contributed by atoms with Crippen molar-refractivity contribution in [2.45, 2.75) is 38.3 Å². The maximum Gasteiger partial charge on any atom is 0.223 e. The molecule has 0 bridgehead atoms. The molecular weight excluding hydrogens is 307 g/mol. The first-order chi connectivity index (χ1) is 10.1. The molecule has 5 heteroatoms. The van der Waals surface area contributed by atoms with E-state index in [9.17, 15) is 4.79 Å². The predicted molar refractivity (Wildman–Crippen MR) is 85.6 cm³/mol. The maximum atomic E-state index is 12.0. The Bertz CT molecular complexity index is 523. The fourth-order valence-corrected chi connectivity index (χ4v) is 3.26. The fraction of sp³-hybridized carbons (Fsp3) is 0.562. The summed E-state index contributed by atoms with van der Waals surface area (Å²) in [5.74, 6) is 0.434. The standard InChI is InChI=1S/C16H20Cl2N2O/c17-13-2-1-12(15(18)9-13)10-20-7-5-11(6-8-20)16(21)19-14-3-4-14/h1-2,9,11,14H,3-8,10H2,(H,19,21). The van der Waals surface area contributed by atoms with Crippen LogP contribution in [-0.4, -0.2) is 29.9 Å². The minimum atomic E-state index is 0.183. The molecule has 1 saturated carbocycles. The number of carbonyl (C=O) groups is 1. The molecule has 2 aliphatic rings. The van der Waals surface area contributed by atoms with Crippen LogP contribution in [0.5, 0.6) is 0 Å². The summed E-state index contributed by atoms with van der Waals surface area (Å²) >= 11 is 12.1.